The molecule has 0 aliphatic carbocycles. The Balaban J connectivity index is 3.48. The van der Waals surface area contributed by atoms with Crippen LogP contribution in [0.2, 0.25) is 0 Å². The Labute approximate surface area is 101 Å². The minimum atomic E-state index is -1.35. The van der Waals surface area contributed by atoms with Crippen LogP contribution in [0.3, 0.4) is 0 Å². The van der Waals surface area contributed by atoms with Gasteiger partial charge in [-0.2, -0.15) is 4.59 Å². The van der Waals surface area contributed by atoms with Gasteiger partial charge in [-0.3, -0.25) is 4.79 Å². The molecular weight excluding hydrogens is 220 g/mol. The van der Waals surface area contributed by atoms with Crippen molar-refractivity contribution in [2.75, 3.05) is 0 Å². The van der Waals surface area contributed by atoms with Crippen molar-refractivity contribution in [1.29, 1.82) is 0 Å². The van der Waals surface area contributed by atoms with Gasteiger partial charge in [0.2, 0.25) is 12.0 Å². The first-order valence-corrected chi connectivity index (χ1v) is 5.54. The van der Waals surface area contributed by atoms with Gasteiger partial charge in [0.05, 0.1) is 5.97 Å². The first-order chi connectivity index (χ1) is 7.66. The number of aldehydes is 1. The molecule has 1 atom stereocenters. The first-order valence-electron chi connectivity index (χ1n) is 5.54. The van der Waals surface area contributed by atoms with Crippen molar-refractivity contribution in [3.63, 3.8) is 0 Å². The molecule has 0 bridgehead atoms. The van der Waals surface area contributed by atoms with Gasteiger partial charge < -0.3 is 9.90 Å². The van der Waals surface area contributed by atoms with E-state index in [9.17, 15) is 14.7 Å². The molecule has 0 aromatic rings. The van der Waals surface area contributed by atoms with Crippen LogP contribution in [0.15, 0.2) is 16.9 Å². The Bertz CT molecular complexity index is 416. The fraction of sp³-hybridized carbons (Fsp3) is 0.583. The third-order valence-electron chi connectivity index (χ3n) is 3.04. The van der Waals surface area contributed by atoms with Crippen molar-refractivity contribution in [3.05, 3.63) is 11.8 Å². The van der Waals surface area contributed by atoms with E-state index in [4.69, 9.17) is 0 Å². The Morgan fingerprint density at radius 2 is 2.00 bits per heavy atom. The molecule has 1 rings (SSSR count). The van der Waals surface area contributed by atoms with Crippen molar-refractivity contribution >= 4 is 18.0 Å². The van der Waals surface area contributed by atoms with Gasteiger partial charge in [-0.15, -0.1) is 0 Å². The number of carboxylic acids is 1. The molecule has 1 aliphatic heterocycles. The number of aliphatic carboxylic acids is 1. The predicted molar refractivity (Wildman–Crippen MR) is 61.7 cm³/mol. The van der Waals surface area contributed by atoms with Crippen molar-refractivity contribution in [3.8, 4) is 0 Å². The predicted octanol–water partition coefficient (Wildman–Crippen LogP) is 0.212. The first kappa shape index (κ1) is 13.6. The van der Waals surface area contributed by atoms with Crippen LogP contribution in [0.25, 0.3) is 0 Å². The number of carbonyl (C=O) groups excluding carboxylic acids is 2. The number of nitrogens with zero attached hydrogens (tertiary/aromatic N) is 2. The molecule has 5 heteroatoms. The summed E-state index contributed by atoms with van der Waals surface area (Å²) in [5.74, 6) is -1.35. The van der Waals surface area contributed by atoms with Gasteiger partial charge in [-0.25, -0.2) is 0 Å². The van der Waals surface area contributed by atoms with E-state index in [0.717, 1.165) is 0 Å². The third-order valence-corrected chi connectivity index (χ3v) is 3.04. The molecule has 5 nitrogen and oxygen atoms in total. The Kier molecular flexibility index (Phi) is 3.25. The average molecular weight is 238 g/mol. The van der Waals surface area contributed by atoms with Crippen LogP contribution in [0, 0.1) is 0 Å². The van der Waals surface area contributed by atoms with Crippen LogP contribution in [-0.4, -0.2) is 34.1 Å². The van der Waals surface area contributed by atoms with Gasteiger partial charge in [0, 0.05) is 6.08 Å². The summed E-state index contributed by atoms with van der Waals surface area (Å²) in [4.78, 5) is 22.1. The van der Waals surface area contributed by atoms with Crippen molar-refractivity contribution in [2.45, 2.75) is 46.2 Å². The lowest BCUT2D eigenvalue weighted by Gasteiger charge is -2.43. The zero-order chi connectivity index (χ0) is 13.4. The summed E-state index contributed by atoms with van der Waals surface area (Å²) in [6.45, 7) is 9.58. The van der Waals surface area contributed by atoms with Crippen molar-refractivity contribution in [2.24, 2.45) is 5.10 Å². The molecular formula is C12H18N2O3. The van der Waals surface area contributed by atoms with Gasteiger partial charge in [0.25, 0.3) is 0 Å². The smallest absolute Gasteiger partial charge is 0.206 e. The third kappa shape index (κ3) is 1.91. The fourth-order valence-electron chi connectivity index (χ4n) is 2.43. The van der Waals surface area contributed by atoms with Crippen LogP contribution in [0.5, 0.6) is 0 Å². The van der Waals surface area contributed by atoms with E-state index < -0.39 is 11.5 Å². The molecule has 1 heterocycles. The summed E-state index contributed by atoms with van der Waals surface area (Å²) in [6, 6.07) is -0.0386. The van der Waals surface area contributed by atoms with E-state index in [1.54, 1.807) is 0 Å². The topological polar surface area (TPSA) is 69.6 Å². The standard InChI is InChI=1S/C12H18N2O3/c1-8(2)14(12(3,4)5)9(7-15)6-10(13-14)11(16)17/h6-8H,1-5H3. The molecule has 1 unspecified atom stereocenters. The van der Waals surface area contributed by atoms with E-state index in [2.05, 4.69) is 5.10 Å². The molecule has 1 aliphatic rings. The van der Waals surface area contributed by atoms with Crippen LogP contribution >= 0.6 is 0 Å². The highest BCUT2D eigenvalue weighted by Crippen LogP contribution is 2.37. The maximum Gasteiger partial charge on any atom is 0.206 e. The molecule has 0 radical (unpaired) electrons. The van der Waals surface area contributed by atoms with Crippen molar-refractivity contribution < 1.29 is 19.3 Å². The molecule has 0 spiro atoms. The zero-order valence-electron chi connectivity index (χ0n) is 10.9. The molecule has 0 aromatic carbocycles. The summed E-state index contributed by atoms with van der Waals surface area (Å²) >= 11 is 0. The second-order valence-electron chi connectivity index (χ2n) is 5.41. The monoisotopic (exact) mass is 238 g/mol. The summed E-state index contributed by atoms with van der Waals surface area (Å²) in [5, 5.41) is 15.1. The van der Waals surface area contributed by atoms with Gasteiger partial charge in [0.1, 0.15) is 17.3 Å². The Morgan fingerprint density at radius 1 is 1.47 bits per heavy atom. The molecule has 0 fully saturated rings. The SMILES string of the molecule is CC(C)[N+]1(C(C)(C)C)N=C(C(=O)[O-])C=C1C=O. The summed E-state index contributed by atoms with van der Waals surface area (Å²) in [6.07, 6.45) is 1.97. The van der Waals surface area contributed by atoms with E-state index in [1.807, 2.05) is 34.6 Å². The Hall–Kier alpha value is -1.49. The molecule has 0 saturated carbocycles. The highest BCUT2D eigenvalue weighted by atomic mass is 16.4. The largest absolute Gasteiger partial charge is 0.543 e. The summed E-state index contributed by atoms with van der Waals surface area (Å²) in [7, 11) is 0. The Morgan fingerprint density at radius 3 is 2.24 bits per heavy atom. The van der Waals surface area contributed by atoms with Gasteiger partial charge in [-0.1, -0.05) is 5.10 Å². The maximum absolute atomic E-state index is 11.2. The summed E-state index contributed by atoms with van der Waals surface area (Å²) in [5.41, 5.74) is -0.222. The number of hydrogen-bond acceptors (Lipinski definition) is 4. The number of hydrogen-bond donors (Lipinski definition) is 0. The normalized spacial score (nSPS) is 24.6. The molecule has 94 valence electrons. The number of quaternary nitrogens is 1. The number of allylic oxidation sites excluding steroid dienone is 1. The van der Waals surface area contributed by atoms with Gasteiger partial charge in [-0.05, 0) is 34.6 Å². The molecule has 0 aromatic heterocycles. The highest BCUT2D eigenvalue weighted by Gasteiger charge is 2.51. The highest BCUT2D eigenvalue weighted by molar-refractivity contribution is 6.40. The van der Waals surface area contributed by atoms with E-state index in [-0.39, 0.29) is 16.3 Å². The average Bonchev–Trinajstić information content (AvgIpc) is 2.56. The zero-order valence-corrected chi connectivity index (χ0v) is 10.9. The quantitative estimate of drug-likeness (QED) is 0.521. The number of carboxylic acid groups (broad SMARTS) is 1. The lowest BCUT2D eigenvalue weighted by molar-refractivity contribution is -0.955. The number of carbonyl (C=O) groups is 2. The molecule has 17 heavy (non-hydrogen) atoms. The molecule has 0 amide bonds. The van der Waals surface area contributed by atoms with Gasteiger partial charge >= 0.3 is 0 Å². The minimum absolute atomic E-state index is 0.0141. The van der Waals surface area contributed by atoms with E-state index in [0.29, 0.717) is 12.0 Å². The maximum atomic E-state index is 11.2. The number of rotatable bonds is 3. The lowest BCUT2D eigenvalue weighted by atomic mass is 10.0. The second-order valence-corrected chi connectivity index (χ2v) is 5.41. The van der Waals surface area contributed by atoms with Crippen LogP contribution in [0.4, 0.5) is 0 Å². The van der Waals surface area contributed by atoms with Gasteiger partial charge in [0.15, 0.2) is 0 Å². The molecule has 0 saturated heterocycles. The second kappa shape index (κ2) is 4.07. The molecule has 0 N–H and O–H groups in total. The van der Waals surface area contributed by atoms with Crippen LogP contribution in [-0.2, 0) is 9.59 Å². The van der Waals surface area contributed by atoms with Crippen LogP contribution in [0.1, 0.15) is 34.6 Å². The minimum Gasteiger partial charge on any atom is -0.543 e. The van der Waals surface area contributed by atoms with E-state index in [1.165, 1.54) is 6.08 Å². The summed E-state index contributed by atoms with van der Waals surface area (Å²) < 4.78 is -0.0141. The fourth-order valence-corrected chi connectivity index (χ4v) is 2.43. The van der Waals surface area contributed by atoms with Crippen molar-refractivity contribution in [1.82, 2.24) is 0 Å². The lowest BCUT2D eigenvalue weighted by Crippen LogP contribution is -2.58. The van der Waals surface area contributed by atoms with Crippen LogP contribution < -0.4 is 5.11 Å². The van der Waals surface area contributed by atoms with E-state index >= 15 is 0 Å².